The van der Waals surface area contributed by atoms with Crippen molar-refractivity contribution >= 4 is 40.0 Å². The fourth-order valence-corrected chi connectivity index (χ4v) is 3.26. The molecule has 2 rings (SSSR count). The van der Waals surface area contributed by atoms with E-state index in [2.05, 4.69) is 27.9 Å². The molecule has 76 valence electrons. The maximum absolute atomic E-state index is 12.8. The van der Waals surface area contributed by atoms with E-state index in [-0.39, 0.29) is 5.82 Å². The molecular weight excluding hydrogens is 312 g/mol. The van der Waals surface area contributed by atoms with Crippen LogP contribution in [0.2, 0.25) is 0 Å². The third-order valence-corrected chi connectivity index (χ3v) is 4.28. The van der Waals surface area contributed by atoms with Crippen LogP contribution >= 0.6 is 34.4 Å². The molecule has 1 aromatic carbocycles. The second-order valence-corrected chi connectivity index (χ2v) is 5.64. The Bertz CT molecular complexity index is 326. The van der Waals surface area contributed by atoms with Gasteiger partial charge in [-0.15, -0.1) is 0 Å². The number of rotatable bonds is 2. The molecule has 1 aromatic rings. The van der Waals surface area contributed by atoms with Crippen LogP contribution in [0.3, 0.4) is 0 Å². The van der Waals surface area contributed by atoms with Crippen molar-refractivity contribution in [3.05, 3.63) is 27.6 Å². The standard InChI is InChI=1S/C10H11FINS/c11-7-1-2-10(9(12)5-7)13-8-3-4-14-6-8/h1-2,5,8,13H,3-4,6H2. The van der Waals surface area contributed by atoms with Gasteiger partial charge in [0.05, 0.1) is 0 Å². The minimum Gasteiger partial charge on any atom is -0.381 e. The first kappa shape index (κ1) is 10.5. The van der Waals surface area contributed by atoms with Crippen LogP contribution in [0.25, 0.3) is 0 Å². The van der Waals surface area contributed by atoms with E-state index in [1.165, 1.54) is 18.2 Å². The Morgan fingerprint density at radius 1 is 1.50 bits per heavy atom. The Morgan fingerprint density at radius 2 is 2.36 bits per heavy atom. The van der Waals surface area contributed by atoms with E-state index in [0.717, 1.165) is 15.0 Å². The van der Waals surface area contributed by atoms with Crippen molar-refractivity contribution in [1.29, 1.82) is 0 Å². The van der Waals surface area contributed by atoms with Crippen molar-refractivity contribution in [3.8, 4) is 0 Å². The second-order valence-electron chi connectivity index (χ2n) is 3.33. The van der Waals surface area contributed by atoms with Gasteiger partial charge in [0.15, 0.2) is 0 Å². The van der Waals surface area contributed by atoms with Gasteiger partial charge in [-0.25, -0.2) is 4.39 Å². The van der Waals surface area contributed by atoms with Crippen molar-refractivity contribution in [2.24, 2.45) is 0 Å². The van der Waals surface area contributed by atoms with Crippen molar-refractivity contribution in [2.45, 2.75) is 12.5 Å². The van der Waals surface area contributed by atoms with Crippen molar-refractivity contribution in [2.75, 3.05) is 16.8 Å². The zero-order chi connectivity index (χ0) is 9.97. The second kappa shape index (κ2) is 4.70. The molecule has 1 N–H and O–H groups in total. The molecule has 1 nitrogen and oxygen atoms in total. The molecule has 0 amide bonds. The minimum atomic E-state index is -0.166. The SMILES string of the molecule is Fc1ccc(NC2CCSC2)c(I)c1. The number of benzene rings is 1. The first-order valence-corrected chi connectivity index (χ1v) is 6.78. The van der Waals surface area contributed by atoms with Gasteiger partial charge < -0.3 is 5.32 Å². The molecule has 0 radical (unpaired) electrons. The first-order chi connectivity index (χ1) is 6.75. The van der Waals surface area contributed by atoms with Crippen LogP contribution in [-0.4, -0.2) is 17.5 Å². The minimum absolute atomic E-state index is 0.166. The largest absolute Gasteiger partial charge is 0.381 e. The molecule has 0 bridgehead atoms. The van der Waals surface area contributed by atoms with Crippen LogP contribution in [0.5, 0.6) is 0 Å². The predicted octanol–water partition coefficient (Wildman–Crippen LogP) is 3.35. The van der Waals surface area contributed by atoms with Crippen molar-refractivity contribution in [1.82, 2.24) is 0 Å². The Kier molecular flexibility index (Phi) is 3.54. The highest BCUT2D eigenvalue weighted by Crippen LogP contribution is 2.24. The van der Waals surface area contributed by atoms with E-state index in [0.29, 0.717) is 6.04 Å². The quantitative estimate of drug-likeness (QED) is 0.838. The molecule has 1 aliphatic heterocycles. The van der Waals surface area contributed by atoms with Gasteiger partial charge >= 0.3 is 0 Å². The summed E-state index contributed by atoms with van der Waals surface area (Å²) in [6, 6.07) is 5.44. The monoisotopic (exact) mass is 323 g/mol. The molecule has 0 aliphatic carbocycles. The molecule has 14 heavy (non-hydrogen) atoms. The Labute approximate surface area is 101 Å². The summed E-state index contributed by atoms with van der Waals surface area (Å²) in [6.07, 6.45) is 1.21. The van der Waals surface area contributed by atoms with E-state index in [9.17, 15) is 4.39 Å². The Morgan fingerprint density at radius 3 is 3.00 bits per heavy atom. The highest BCUT2D eigenvalue weighted by Gasteiger charge is 2.15. The number of hydrogen-bond donors (Lipinski definition) is 1. The normalized spacial score (nSPS) is 21.1. The van der Waals surface area contributed by atoms with Gasteiger partial charge in [0.25, 0.3) is 0 Å². The molecule has 0 aromatic heterocycles. The number of nitrogens with one attached hydrogen (secondary N) is 1. The van der Waals surface area contributed by atoms with Crippen LogP contribution in [0.15, 0.2) is 18.2 Å². The summed E-state index contributed by atoms with van der Waals surface area (Å²) in [5.41, 5.74) is 1.06. The third-order valence-electron chi connectivity index (χ3n) is 2.22. The van der Waals surface area contributed by atoms with E-state index in [4.69, 9.17) is 0 Å². The van der Waals surface area contributed by atoms with E-state index in [1.54, 1.807) is 6.07 Å². The maximum Gasteiger partial charge on any atom is 0.124 e. The number of thioether (sulfide) groups is 1. The lowest BCUT2D eigenvalue weighted by Gasteiger charge is -2.14. The smallest absolute Gasteiger partial charge is 0.124 e. The summed E-state index contributed by atoms with van der Waals surface area (Å²) >= 11 is 4.13. The lowest BCUT2D eigenvalue weighted by Crippen LogP contribution is -2.18. The van der Waals surface area contributed by atoms with Crippen molar-refractivity contribution in [3.63, 3.8) is 0 Å². The average Bonchev–Trinajstić information content (AvgIpc) is 2.62. The fourth-order valence-electron chi connectivity index (χ4n) is 1.47. The van der Waals surface area contributed by atoms with Crippen molar-refractivity contribution < 1.29 is 4.39 Å². The van der Waals surface area contributed by atoms with Crippen LogP contribution < -0.4 is 5.32 Å². The van der Waals surface area contributed by atoms with Gasteiger partial charge in [-0.05, 0) is 53.0 Å². The van der Waals surface area contributed by atoms with Gasteiger partial charge in [-0.3, -0.25) is 0 Å². The summed E-state index contributed by atoms with van der Waals surface area (Å²) in [5.74, 6) is 2.23. The Balaban J connectivity index is 2.08. The summed E-state index contributed by atoms with van der Waals surface area (Å²) < 4.78 is 13.8. The lowest BCUT2D eigenvalue weighted by atomic mass is 10.2. The summed E-state index contributed by atoms with van der Waals surface area (Å²) in [7, 11) is 0. The summed E-state index contributed by atoms with van der Waals surface area (Å²) in [6.45, 7) is 0. The fraction of sp³-hybridized carbons (Fsp3) is 0.400. The number of anilines is 1. The van der Waals surface area contributed by atoms with Crippen LogP contribution in [0.1, 0.15) is 6.42 Å². The van der Waals surface area contributed by atoms with E-state index < -0.39 is 0 Å². The lowest BCUT2D eigenvalue weighted by molar-refractivity contribution is 0.627. The van der Waals surface area contributed by atoms with E-state index >= 15 is 0 Å². The molecule has 1 heterocycles. The van der Waals surface area contributed by atoms with Crippen LogP contribution in [0, 0.1) is 9.39 Å². The molecule has 1 fully saturated rings. The first-order valence-electron chi connectivity index (χ1n) is 4.55. The van der Waals surface area contributed by atoms with Gasteiger partial charge in [-0.2, -0.15) is 11.8 Å². The molecule has 4 heteroatoms. The van der Waals surface area contributed by atoms with Gasteiger partial charge in [0.2, 0.25) is 0 Å². The topological polar surface area (TPSA) is 12.0 Å². The zero-order valence-corrected chi connectivity index (χ0v) is 10.6. The van der Waals surface area contributed by atoms with Gasteiger partial charge in [0, 0.05) is 21.1 Å². The van der Waals surface area contributed by atoms with Crippen LogP contribution in [-0.2, 0) is 0 Å². The highest BCUT2D eigenvalue weighted by molar-refractivity contribution is 14.1. The molecule has 0 saturated carbocycles. The molecule has 1 unspecified atom stereocenters. The molecule has 1 saturated heterocycles. The summed E-state index contributed by atoms with van der Waals surface area (Å²) in [4.78, 5) is 0. The summed E-state index contributed by atoms with van der Waals surface area (Å²) in [5, 5.41) is 3.44. The molecule has 0 spiro atoms. The zero-order valence-electron chi connectivity index (χ0n) is 7.59. The highest BCUT2D eigenvalue weighted by atomic mass is 127. The molecule has 1 atom stereocenters. The Hall–Kier alpha value is 0.0300. The van der Waals surface area contributed by atoms with Gasteiger partial charge in [-0.1, -0.05) is 0 Å². The molecule has 1 aliphatic rings. The number of halogens is 2. The van der Waals surface area contributed by atoms with E-state index in [1.807, 2.05) is 17.8 Å². The molecular formula is C10H11FINS. The predicted molar refractivity (Wildman–Crippen MR) is 68.5 cm³/mol. The maximum atomic E-state index is 12.8. The number of hydrogen-bond acceptors (Lipinski definition) is 2. The third kappa shape index (κ3) is 2.53. The van der Waals surface area contributed by atoms with Gasteiger partial charge in [0.1, 0.15) is 5.82 Å². The van der Waals surface area contributed by atoms with Crippen LogP contribution in [0.4, 0.5) is 10.1 Å². The average molecular weight is 323 g/mol.